The molecule has 7 heteroatoms. The second-order valence-electron chi connectivity index (χ2n) is 6.32. The predicted molar refractivity (Wildman–Crippen MR) is 94.6 cm³/mol. The molecule has 0 aliphatic carbocycles. The van der Waals surface area contributed by atoms with Crippen LogP contribution in [-0.4, -0.2) is 45.1 Å². The van der Waals surface area contributed by atoms with E-state index in [0.717, 1.165) is 49.3 Å². The van der Waals surface area contributed by atoms with E-state index in [2.05, 4.69) is 10.2 Å². The smallest absolute Gasteiger partial charge is 0.316 e. The zero-order chi connectivity index (χ0) is 17.6. The van der Waals surface area contributed by atoms with Crippen molar-refractivity contribution in [3.63, 3.8) is 0 Å². The summed E-state index contributed by atoms with van der Waals surface area (Å²) in [4.78, 5) is 13.4. The molecule has 2 amide bonds. The Hall–Kier alpha value is -2.41. The van der Waals surface area contributed by atoms with Crippen molar-refractivity contribution in [2.24, 2.45) is 12.8 Å². The minimum absolute atomic E-state index is 0.189. The molecule has 1 aliphatic rings. The molecular weight excluding hydrogens is 318 g/mol. The van der Waals surface area contributed by atoms with Gasteiger partial charge in [0.05, 0.1) is 0 Å². The maximum atomic E-state index is 11.7. The van der Waals surface area contributed by atoms with Crippen LogP contribution in [0.15, 0.2) is 30.3 Å². The van der Waals surface area contributed by atoms with Crippen LogP contribution in [0.25, 0.3) is 11.4 Å². The van der Waals surface area contributed by atoms with Crippen molar-refractivity contribution in [1.82, 2.24) is 19.7 Å². The monoisotopic (exact) mass is 343 g/mol. The van der Waals surface area contributed by atoms with E-state index >= 15 is 0 Å². The predicted octanol–water partition coefficient (Wildman–Crippen LogP) is 2.32. The highest BCUT2D eigenvalue weighted by Gasteiger charge is 2.24. The van der Waals surface area contributed by atoms with Crippen molar-refractivity contribution >= 4 is 6.03 Å². The third-order valence-corrected chi connectivity index (χ3v) is 4.58. The number of carbonyl (C=O) groups excluding carboxylic acids is 1. The maximum Gasteiger partial charge on any atom is 0.316 e. The number of aromatic nitrogens is 3. The van der Waals surface area contributed by atoms with Crippen LogP contribution in [0, 0.1) is 0 Å². The number of amides is 2. The molecule has 1 aromatic carbocycles. The summed E-state index contributed by atoms with van der Waals surface area (Å²) in [5, 5.41) is 8.59. The lowest BCUT2D eigenvalue weighted by Crippen LogP contribution is -2.46. The van der Waals surface area contributed by atoms with E-state index in [0.29, 0.717) is 13.2 Å². The Morgan fingerprint density at radius 2 is 2.12 bits per heavy atom. The number of primary amides is 1. The second kappa shape index (κ2) is 8.11. The molecule has 2 aromatic rings. The SMILES string of the molecule is Cn1c(CCCN(C(N)=O)C2CCCCO2)nnc1-c1ccccc1. The van der Waals surface area contributed by atoms with Crippen molar-refractivity contribution in [3.8, 4) is 11.4 Å². The number of nitrogens with two attached hydrogens (primary N) is 1. The molecule has 7 nitrogen and oxygen atoms in total. The average molecular weight is 343 g/mol. The lowest BCUT2D eigenvalue weighted by Gasteiger charge is -2.32. The number of carbonyl (C=O) groups is 1. The van der Waals surface area contributed by atoms with Crippen molar-refractivity contribution in [2.45, 2.75) is 38.3 Å². The number of benzene rings is 1. The molecule has 0 bridgehead atoms. The highest BCUT2D eigenvalue weighted by atomic mass is 16.5. The van der Waals surface area contributed by atoms with Crippen LogP contribution in [-0.2, 0) is 18.2 Å². The second-order valence-corrected chi connectivity index (χ2v) is 6.32. The molecule has 1 saturated heterocycles. The largest absolute Gasteiger partial charge is 0.358 e. The molecule has 1 aliphatic heterocycles. The number of hydrogen-bond acceptors (Lipinski definition) is 4. The van der Waals surface area contributed by atoms with Crippen molar-refractivity contribution < 1.29 is 9.53 Å². The summed E-state index contributed by atoms with van der Waals surface area (Å²) in [6, 6.07) is 9.56. The lowest BCUT2D eigenvalue weighted by atomic mass is 10.1. The van der Waals surface area contributed by atoms with Crippen LogP contribution in [0.5, 0.6) is 0 Å². The minimum Gasteiger partial charge on any atom is -0.358 e. The first-order valence-electron chi connectivity index (χ1n) is 8.78. The van der Waals surface area contributed by atoms with Gasteiger partial charge >= 0.3 is 6.03 Å². The van der Waals surface area contributed by atoms with E-state index in [1.54, 1.807) is 4.90 Å². The Labute approximate surface area is 147 Å². The zero-order valence-electron chi connectivity index (χ0n) is 14.6. The molecule has 1 atom stereocenters. The number of ether oxygens (including phenoxy) is 1. The van der Waals surface area contributed by atoms with Gasteiger partial charge < -0.3 is 15.0 Å². The summed E-state index contributed by atoms with van der Waals surface area (Å²) in [7, 11) is 1.97. The molecule has 0 radical (unpaired) electrons. The van der Waals surface area contributed by atoms with Gasteiger partial charge in [0.1, 0.15) is 12.1 Å². The van der Waals surface area contributed by atoms with E-state index in [1.807, 2.05) is 41.9 Å². The number of aryl methyl sites for hydroxylation is 1. The first-order chi connectivity index (χ1) is 12.2. The van der Waals surface area contributed by atoms with Crippen LogP contribution >= 0.6 is 0 Å². The molecule has 25 heavy (non-hydrogen) atoms. The average Bonchev–Trinajstić information content (AvgIpc) is 3.00. The number of hydrogen-bond donors (Lipinski definition) is 1. The molecule has 1 fully saturated rings. The first-order valence-corrected chi connectivity index (χ1v) is 8.78. The summed E-state index contributed by atoms with van der Waals surface area (Å²) in [6.07, 6.45) is 4.27. The fourth-order valence-electron chi connectivity index (χ4n) is 3.19. The van der Waals surface area contributed by atoms with Gasteiger partial charge in [-0.1, -0.05) is 30.3 Å². The van der Waals surface area contributed by atoms with Gasteiger partial charge in [0, 0.05) is 32.2 Å². The summed E-state index contributed by atoms with van der Waals surface area (Å²) >= 11 is 0. The van der Waals surface area contributed by atoms with Gasteiger partial charge in [0.2, 0.25) is 0 Å². The van der Waals surface area contributed by atoms with Crippen molar-refractivity contribution in [1.29, 1.82) is 0 Å². The highest BCUT2D eigenvalue weighted by Crippen LogP contribution is 2.19. The van der Waals surface area contributed by atoms with Gasteiger partial charge in [0.25, 0.3) is 0 Å². The van der Waals surface area contributed by atoms with Gasteiger partial charge in [-0.2, -0.15) is 0 Å². The summed E-state index contributed by atoms with van der Waals surface area (Å²) in [5.41, 5.74) is 6.57. The van der Waals surface area contributed by atoms with Crippen LogP contribution in [0.2, 0.25) is 0 Å². The fourth-order valence-corrected chi connectivity index (χ4v) is 3.19. The van der Waals surface area contributed by atoms with E-state index in [-0.39, 0.29) is 6.23 Å². The molecular formula is C18H25N5O2. The van der Waals surface area contributed by atoms with Gasteiger partial charge in [-0.25, -0.2) is 4.79 Å². The quantitative estimate of drug-likeness (QED) is 0.872. The fraction of sp³-hybridized carbons (Fsp3) is 0.500. The van der Waals surface area contributed by atoms with Crippen LogP contribution < -0.4 is 5.73 Å². The molecule has 2 N–H and O–H groups in total. The Morgan fingerprint density at radius 3 is 2.80 bits per heavy atom. The Balaban J connectivity index is 1.60. The highest BCUT2D eigenvalue weighted by molar-refractivity contribution is 5.72. The standard InChI is InChI=1S/C18H25N5O2/c1-22-15(20-21-17(22)14-8-3-2-4-9-14)10-7-12-23(18(19)24)16-11-5-6-13-25-16/h2-4,8-9,16H,5-7,10-13H2,1H3,(H2,19,24). The summed E-state index contributed by atoms with van der Waals surface area (Å²) < 4.78 is 7.68. The van der Waals surface area contributed by atoms with E-state index < -0.39 is 6.03 Å². The first kappa shape index (κ1) is 17.4. The van der Waals surface area contributed by atoms with Crippen molar-refractivity contribution in [3.05, 3.63) is 36.2 Å². The number of urea groups is 1. The van der Waals surface area contributed by atoms with Gasteiger partial charge in [-0.05, 0) is 25.7 Å². The van der Waals surface area contributed by atoms with E-state index in [4.69, 9.17) is 10.5 Å². The number of rotatable bonds is 6. The topological polar surface area (TPSA) is 86.3 Å². The third kappa shape index (κ3) is 4.17. The Morgan fingerprint density at radius 1 is 1.32 bits per heavy atom. The summed E-state index contributed by atoms with van der Waals surface area (Å²) in [6.45, 7) is 1.26. The zero-order valence-corrected chi connectivity index (χ0v) is 14.6. The Bertz CT molecular complexity index is 695. The molecule has 134 valence electrons. The van der Waals surface area contributed by atoms with Crippen LogP contribution in [0.4, 0.5) is 4.79 Å². The van der Waals surface area contributed by atoms with Crippen LogP contribution in [0.1, 0.15) is 31.5 Å². The molecule has 0 saturated carbocycles. The molecule has 3 rings (SSSR count). The molecule has 2 heterocycles. The van der Waals surface area contributed by atoms with Gasteiger partial charge in [-0.3, -0.25) is 4.90 Å². The Kier molecular flexibility index (Phi) is 5.65. The summed E-state index contributed by atoms with van der Waals surface area (Å²) in [5.74, 6) is 1.74. The van der Waals surface area contributed by atoms with E-state index in [9.17, 15) is 4.79 Å². The lowest BCUT2D eigenvalue weighted by molar-refractivity contribution is -0.0642. The third-order valence-electron chi connectivity index (χ3n) is 4.58. The van der Waals surface area contributed by atoms with E-state index in [1.165, 1.54) is 0 Å². The van der Waals surface area contributed by atoms with Crippen molar-refractivity contribution in [2.75, 3.05) is 13.2 Å². The minimum atomic E-state index is -0.421. The molecule has 1 aromatic heterocycles. The molecule has 0 spiro atoms. The maximum absolute atomic E-state index is 11.7. The van der Waals surface area contributed by atoms with Gasteiger partial charge in [0.15, 0.2) is 5.82 Å². The van der Waals surface area contributed by atoms with Gasteiger partial charge in [-0.15, -0.1) is 10.2 Å². The normalized spacial score (nSPS) is 17.4. The molecule has 1 unspecified atom stereocenters. The van der Waals surface area contributed by atoms with Crippen LogP contribution in [0.3, 0.4) is 0 Å². The number of nitrogens with zero attached hydrogens (tertiary/aromatic N) is 4.